The number of aliphatic hydroxyl groups excluding tert-OH is 1. The molecule has 2 unspecified atom stereocenters. The topological polar surface area (TPSA) is 81.1 Å². The molecule has 23 heavy (non-hydrogen) atoms. The van der Waals surface area contributed by atoms with Crippen molar-refractivity contribution in [1.82, 2.24) is 9.55 Å². The van der Waals surface area contributed by atoms with Gasteiger partial charge in [0.05, 0.1) is 28.5 Å². The molecule has 1 amide bonds. The third-order valence-electron chi connectivity index (χ3n) is 3.37. The van der Waals surface area contributed by atoms with Crippen molar-refractivity contribution in [1.29, 1.82) is 0 Å². The Labute approximate surface area is 148 Å². The number of nitrogens with two attached hydrogens (primary N) is 1. The minimum atomic E-state index is -0.585. The summed E-state index contributed by atoms with van der Waals surface area (Å²) in [6.45, 7) is 1.71. The van der Waals surface area contributed by atoms with Gasteiger partial charge >= 0.3 is 0 Å². The summed E-state index contributed by atoms with van der Waals surface area (Å²) in [4.78, 5) is 16.1. The highest BCUT2D eigenvalue weighted by atomic mass is 35.5. The van der Waals surface area contributed by atoms with Crippen molar-refractivity contribution in [3.63, 3.8) is 0 Å². The highest BCUT2D eigenvalue weighted by molar-refractivity contribution is 7.99. The predicted molar refractivity (Wildman–Crippen MR) is 93.3 cm³/mol. The van der Waals surface area contributed by atoms with Gasteiger partial charge in [-0.2, -0.15) is 0 Å². The first-order valence-electron chi connectivity index (χ1n) is 6.97. The molecule has 0 aliphatic rings. The van der Waals surface area contributed by atoms with Gasteiger partial charge in [0.1, 0.15) is 5.69 Å². The summed E-state index contributed by atoms with van der Waals surface area (Å²) in [5.74, 6) is 0.177. The molecule has 0 bridgehead atoms. The summed E-state index contributed by atoms with van der Waals surface area (Å²) in [6, 6.07) is 5.28. The Morgan fingerprint density at radius 3 is 2.74 bits per heavy atom. The molecule has 5 nitrogen and oxygen atoms in total. The van der Waals surface area contributed by atoms with Crippen LogP contribution in [0.25, 0.3) is 0 Å². The Bertz CT molecular complexity index is 691. The minimum Gasteiger partial charge on any atom is -0.391 e. The summed E-state index contributed by atoms with van der Waals surface area (Å²) in [5, 5.41) is 11.0. The number of hydrogen-bond acceptors (Lipinski definition) is 4. The molecule has 0 saturated heterocycles. The SMILES string of the molecule is CC(O)C(CCSc1ccc(Cl)c(Cl)c1)n1cnc(C(N)=O)c1. The fourth-order valence-electron chi connectivity index (χ4n) is 2.15. The Hall–Kier alpha value is -1.21. The summed E-state index contributed by atoms with van der Waals surface area (Å²) >= 11 is 13.5. The van der Waals surface area contributed by atoms with Gasteiger partial charge in [0.2, 0.25) is 0 Å². The van der Waals surface area contributed by atoms with E-state index < -0.39 is 12.0 Å². The van der Waals surface area contributed by atoms with Gasteiger partial charge in [0.15, 0.2) is 0 Å². The molecule has 2 aromatic rings. The van der Waals surface area contributed by atoms with Crippen molar-refractivity contribution in [2.24, 2.45) is 5.73 Å². The summed E-state index contributed by atoms with van der Waals surface area (Å²) in [6.07, 6.45) is 3.18. The summed E-state index contributed by atoms with van der Waals surface area (Å²) in [7, 11) is 0. The normalized spacial score (nSPS) is 13.7. The number of halogens is 2. The van der Waals surface area contributed by atoms with E-state index in [0.717, 1.165) is 10.6 Å². The van der Waals surface area contributed by atoms with Gasteiger partial charge in [0.25, 0.3) is 5.91 Å². The van der Waals surface area contributed by atoms with Crippen molar-refractivity contribution in [3.8, 4) is 0 Å². The first kappa shape index (κ1) is 18.1. The van der Waals surface area contributed by atoms with Crippen LogP contribution in [0.2, 0.25) is 10.0 Å². The maximum absolute atomic E-state index is 11.1. The fraction of sp³-hybridized carbons (Fsp3) is 0.333. The number of aromatic nitrogens is 2. The van der Waals surface area contributed by atoms with E-state index in [2.05, 4.69) is 4.98 Å². The first-order valence-corrected chi connectivity index (χ1v) is 8.72. The smallest absolute Gasteiger partial charge is 0.268 e. The number of aliphatic hydroxyl groups is 1. The summed E-state index contributed by atoms with van der Waals surface area (Å²) < 4.78 is 1.72. The van der Waals surface area contributed by atoms with Gasteiger partial charge in [-0.3, -0.25) is 4.79 Å². The number of hydrogen-bond donors (Lipinski definition) is 2. The van der Waals surface area contributed by atoms with E-state index >= 15 is 0 Å². The molecule has 124 valence electrons. The van der Waals surface area contributed by atoms with E-state index in [4.69, 9.17) is 28.9 Å². The van der Waals surface area contributed by atoms with E-state index in [9.17, 15) is 9.90 Å². The number of benzene rings is 1. The number of rotatable bonds is 7. The van der Waals surface area contributed by atoms with E-state index in [0.29, 0.717) is 16.5 Å². The van der Waals surface area contributed by atoms with Crippen LogP contribution in [0.3, 0.4) is 0 Å². The second kappa shape index (κ2) is 8.06. The molecule has 1 heterocycles. The molecule has 2 atom stereocenters. The van der Waals surface area contributed by atoms with Crippen LogP contribution in [-0.2, 0) is 0 Å². The molecular formula is C15H17Cl2N3O2S. The molecule has 1 aromatic heterocycles. The molecule has 8 heteroatoms. The quantitative estimate of drug-likeness (QED) is 0.728. The molecular weight excluding hydrogens is 357 g/mol. The Kier molecular flexibility index (Phi) is 6.35. The molecule has 2 rings (SSSR count). The van der Waals surface area contributed by atoms with Crippen LogP contribution in [-0.4, -0.2) is 32.4 Å². The van der Waals surface area contributed by atoms with Crippen molar-refractivity contribution in [2.75, 3.05) is 5.75 Å². The number of imidazole rings is 1. The van der Waals surface area contributed by atoms with Crippen LogP contribution in [0, 0.1) is 0 Å². The van der Waals surface area contributed by atoms with Crippen LogP contribution < -0.4 is 5.73 Å². The second-order valence-corrected chi connectivity index (χ2v) is 7.07. The van der Waals surface area contributed by atoms with Crippen molar-refractivity contribution in [3.05, 3.63) is 46.5 Å². The molecule has 0 fully saturated rings. The summed E-state index contributed by atoms with van der Waals surface area (Å²) in [5.41, 5.74) is 5.39. The van der Waals surface area contributed by atoms with Gasteiger partial charge in [-0.15, -0.1) is 11.8 Å². The number of carbonyl (C=O) groups is 1. The Morgan fingerprint density at radius 1 is 1.43 bits per heavy atom. The van der Waals surface area contributed by atoms with Crippen molar-refractivity contribution < 1.29 is 9.90 Å². The highest BCUT2D eigenvalue weighted by Gasteiger charge is 2.18. The number of carbonyl (C=O) groups excluding carboxylic acids is 1. The number of nitrogens with zero attached hydrogens (tertiary/aromatic N) is 2. The zero-order chi connectivity index (χ0) is 17.0. The van der Waals surface area contributed by atoms with E-state index in [1.807, 2.05) is 12.1 Å². The van der Waals surface area contributed by atoms with E-state index in [1.54, 1.807) is 35.5 Å². The zero-order valence-electron chi connectivity index (χ0n) is 12.4. The van der Waals surface area contributed by atoms with Gasteiger partial charge < -0.3 is 15.4 Å². The number of thioether (sulfide) groups is 1. The van der Waals surface area contributed by atoms with Gasteiger partial charge in [-0.25, -0.2) is 4.98 Å². The first-order chi connectivity index (χ1) is 10.9. The largest absolute Gasteiger partial charge is 0.391 e. The molecule has 0 aliphatic heterocycles. The average molecular weight is 374 g/mol. The zero-order valence-corrected chi connectivity index (χ0v) is 14.8. The van der Waals surface area contributed by atoms with Crippen molar-refractivity contribution >= 4 is 40.9 Å². The monoisotopic (exact) mass is 373 g/mol. The number of amides is 1. The molecule has 0 radical (unpaired) electrons. The van der Waals surface area contributed by atoms with Gasteiger partial charge in [0, 0.05) is 16.8 Å². The maximum Gasteiger partial charge on any atom is 0.268 e. The third kappa shape index (κ3) is 4.88. The predicted octanol–water partition coefficient (Wildman–Crippen LogP) is 3.39. The lowest BCUT2D eigenvalue weighted by Crippen LogP contribution is -2.21. The van der Waals surface area contributed by atoms with Crippen LogP contribution in [0.15, 0.2) is 35.6 Å². The molecule has 0 spiro atoms. The standard InChI is InChI=1S/C15H17Cl2N3O2S/c1-9(21)14(20-7-13(15(18)22)19-8-20)4-5-23-10-2-3-11(16)12(17)6-10/h2-3,6-9,14,21H,4-5H2,1H3,(H2,18,22). The Morgan fingerprint density at radius 2 is 2.17 bits per heavy atom. The van der Waals surface area contributed by atoms with Crippen LogP contribution >= 0.6 is 35.0 Å². The third-order valence-corrected chi connectivity index (χ3v) is 5.13. The fourth-order valence-corrected chi connectivity index (χ4v) is 3.47. The van der Waals surface area contributed by atoms with Gasteiger partial charge in [-0.05, 0) is 31.5 Å². The van der Waals surface area contributed by atoms with Gasteiger partial charge in [-0.1, -0.05) is 23.2 Å². The number of primary amides is 1. The average Bonchev–Trinajstić information content (AvgIpc) is 2.96. The molecule has 0 saturated carbocycles. The second-order valence-electron chi connectivity index (χ2n) is 5.09. The lowest BCUT2D eigenvalue weighted by atomic mass is 10.1. The maximum atomic E-state index is 11.1. The van der Waals surface area contributed by atoms with Crippen LogP contribution in [0.1, 0.15) is 29.9 Å². The molecule has 3 N–H and O–H groups in total. The highest BCUT2D eigenvalue weighted by Crippen LogP contribution is 2.29. The van der Waals surface area contributed by atoms with Crippen LogP contribution in [0.4, 0.5) is 0 Å². The van der Waals surface area contributed by atoms with Crippen LogP contribution in [0.5, 0.6) is 0 Å². The lowest BCUT2D eigenvalue weighted by Gasteiger charge is -2.21. The van der Waals surface area contributed by atoms with E-state index in [1.165, 1.54) is 6.33 Å². The van der Waals surface area contributed by atoms with E-state index in [-0.39, 0.29) is 11.7 Å². The lowest BCUT2D eigenvalue weighted by molar-refractivity contribution is 0.0994. The minimum absolute atomic E-state index is 0.188. The molecule has 1 aromatic carbocycles. The Balaban J connectivity index is 1.99. The molecule has 0 aliphatic carbocycles. The van der Waals surface area contributed by atoms with Crippen molar-refractivity contribution in [2.45, 2.75) is 30.4 Å².